The SMILES string of the molecule is NCc1nc2ccccc2n1CC(F)F. The number of halogens is 2. The Bertz CT molecular complexity index is 465. The molecule has 5 heteroatoms. The lowest BCUT2D eigenvalue weighted by molar-refractivity contribution is 0.127. The third-order valence-corrected chi connectivity index (χ3v) is 2.24. The van der Waals surface area contributed by atoms with Crippen LogP contribution in [-0.2, 0) is 13.1 Å². The number of hydrogen-bond donors (Lipinski definition) is 1. The summed E-state index contributed by atoms with van der Waals surface area (Å²) in [6.07, 6.45) is -2.40. The molecular weight excluding hydrogens is 200 g/mol. The van der Waals surface area contributed by atoms with E-state index in [0.29, 0.717) is 16.9 Å². The molecule has 2 N–H and O–H groups in total. The molecule has 0 spiro atoms. The first-order valence-electron chi connectivity index (χ1n) is 4.64. The number of imidazole rings is 1. The smallest absolute Gasteiger partial charge is 0.256 e. The van der Waals surface area contributed by atoms with Gasteiger partial charge >= 0.3 is 0 Å². The predicted molar refractivity (Wildman–Crippen MR) is 53.6 cm³/mol. The van der Waals surface area contributed by atoms with Gasteiger partial charge in [-0.05, 0) is 12.1 Å². The standard InChI is InChI=1S/C10H11F2N3/c11-9(12)6-15-8-4-2-1-3-7(8)14-10(15)5-13/h1-4,9H,5-6,13H2. The molecule has 80 valence electrons. The van der Waals surface area contributed by atoms with Gasteiger partial charge < -0.3 is 10.3 Å². The Labute approximate surface area is 85.5 Å². The van der Waals surface area contributed by atoms with Crippen molar-refractivity contribution in [2.45, 2.75) is 19.5 Å². The maximum atomic E-state index is 12.4. The van der Waals surface area contributed by atoms with Gasteiger partial charge in [0.2, 0.25) is 0 Å². The highest BCUT2D eigenvalue weighted by molar-refractivity contribution is 5.75. The normalized spacial score (nSPS) is 11.5. The molecule has 0 radical (unpaired) electrons. The van der Waals surface area contributed by atoms with Crippen molar-refractivity contribution >= 4 is 11.0 Å². The number of nitrogens with two attached hydrogens (primary N) is 1. The van der Waals surface area contributed by atoms with Gasteiger partial charge in [-0.3, -0.25) is 0 Å². The van der Waals surface area contributed by atoms with E-state index in [1.54, 1.807) is 18.2 Å². The van der Waals surface area contributed by atoms with Gasteiger partial charge in [-0.1, -0.05) is 12.1 Å². The summed E-state index contributed by atoms with van der Waals surface area (Å²) in [7, 11) is 0. The van der Waals surface area contributed by atoms with Crippen LogP contribution in [0.2, 0.25) is 0 Å². The summed E-state index contributed by atoms with van der Waals surface area (Å²) in [5.41, 5.74) is 6.88. The highest BCUT2D eigenvalue weighted by Crippen LogP contribution is 2.17. The van der Waals surface area contributed by atoms with Crippen molar-refractivity contribution in [3.05, 3.63) is 30.1 Å². The van der Waals surface area contributed by atoms with Crippen LogP contribution in [0.4, 0.5) is 8.78 Å². The number of aromatic nitrogens is 2. The van der Waals surface area contributed by atoms with Crippen LogP contribution in [0.1, 0.15) is 5.82 Å². The first-order chi connectivity index (χ1) is 7.22. The molecule has 0 saturated heterocycles. The van der Waals surface area contributed by atoms with Gasteiger partial charge in [0, 0.05) is 0 Å². The van der Waals surface area contributed by atoms with Crippen molar-refractivity contribution in [2.75, 3.05) is 0 Å². The minimum absolute atomic E-state index is 0.168. The zero-order valence-corrected chi connectivity index (χ0v) is 8.03. The number of rotatable bonds is 3. The molecule has 1 aromatic heterocycles. The van der Waals surface area contributed by atoms with Crippen molar-refractivity contribution in [3.63, 3.8) is 0 Å². The topological polar surface area (TPSA) is 43.8 Å². The Hall–Kier alpha value is -1.49. The molecule has 0 aliphatic rings. The Balaban J connectivity index is 2.56. The lowest BCUT2D eigenvalue weighted by atomic mass is 10.3. The monoisotopic (exact) mass is 211 g/mol. The van der Waals surface area contributed by atoms with Gasteiger partial charge in [0.15, 0.2) is 0 Å². The van der Waals surface area contributed by atoms with Crippen molar-refractivity contribution in [1.82, 2.24) is 9.55 Å². The Morgan fingerprint density at radius 2 is 2.07 bits per heavy atom. The zero-order valence-electron chi connectivity index (χ0n) is 8.03. The molecule has 1 aromatic carbocycles. The maximum Gasteiger partial charge on any atom is 0.256 e. The van der Waals surface area contributed by atoms with E-state index in [1.165, 1.54) is 4.57 Å². The number of benzene rings is 1. The van der Waals surface area contributed by atoms with Crippen LogP contribution in [-0.4, -0.2) is 16.0 Å². The van der Waals surface area contributed by atoms with Crippen molar-refractivity contribution < 1.29 is 8.78 Å². The molecule has 3 nitrogen and oxygen atoms in total. The quantitative estimate of drug-likeness (QED) is 0.840. The third-order valence-electron chi connectivity index (χ3n) is 2.24. The highest BCUT2D eigenvalue weighted by atomic mass is 19.3. The second kappa shape index (κ2) is 3.94. The van der Waals surface area contributed by atoms with Crippen LogP contribution in [0.15, 0.2) is 24.3 Å². The summed E-state index contributed by atoms with van der Waals surface area (Å²) in [5, 5.41) is 0. The first kappa shape index (κ1) is 10.0. The van der Waals surface area contributed by atoms with E-state index < -0.39 is 6.43 Å². The van der Waals surface area contributed by atoms with Gasteiger partial charge in [0.1, 0.15) is 5.82 Å². The molecule has 15 heavy (non-hydrogen) atoms. The molecule has 0 fully saturated rings. The van der Waals surface area contributed by atoms with Crippen LogP contribution in [0, 0.1) is 0 Å². The lowest BCUT2D eigenvalue weighted by Gasteiger charge is -2.06. The zero-order chi connectivity index (χ0) is 10.8. The molecule has 0 saturated carbocycles. The fraction of sp³-hybridized carbons (Fsp3) is 0.300. The summed E-state index contributed by atoms with van der Waals surface area (Å²) in [6, 6.07) is 7.18. The second-order valence-corrected chi connectivity index (χ2v) is 3.22. The molecule has 0 aliphatic carbocycles. The van der Waals surface area contributed by atoms with Gasteiger partial charge in [0.25, 0.3) is 6.43 Å². The molecule has 0 amide bonds. The fourth-order valence-electron chi connectivity index (χ4n) is 1.62. The molecule has 0 atom stereocenters. The Morgan fingerprint density at radius 1 is 1.33 bits per heavy atom. The lowest BCUT2D eigenvalue weighted by Crippen LogP contribution is -2.12. The number of para-hydroxylation sites is 2. The van der Waals surface area contributed by atoms with Crippen LogP contribution >= 0.6 is 0 Å². The average Bonchev–Trinajstić information content (AvgIpc) is 2.56. The molecular formula is C10H11F2N3. The van der Waals surface area contributed by atoms with Gasteiger partial charge in [0.05, 0.1) is 24.1 Å². The minimum Gasteiger partial charge on any atom is -0.324 e. The number of nitrogens with zero attached hydrogens (tertiary/aromatic N) is 2. The average molecular weight is 211 g/mol. The first-order valence-corrected chi connectivity index (χ1v) is 4.64. The van der Waals surface area contributed by atoms with E-state index in [0.717, 1.165) is 0 Å². The molecule has 1 heterocycles. The van der Waals surface area contributed by atoms with Crippen LogP contribution in [0.5, 0.6) is 0 Å². The van der Waals surface area contributed by atoms with E-state index in [4.69, 9.17) is 5.73 Å². The van der Waals surface area contributed by atoms with E-state index in [2.05, 4.69) is 4.98 Å². The van der Waals surface area contributed by atoms with E-state index >= 15 is 0 Å². The molecule has 0 bridgehead atoms. The van der Waals surface area contributed by atoms with E-state index in [9.17, 15) is 8.78 Å². The van der Waals surface area contributed by atoms with Gasteiger partial charge in [-0.2, -0.15) is 0 Å². The maximum absolute atomic E-state index is 12.4. The molecule has 0 aliphatic heterocycles. The molecule has 0 unspecified atom stereocenters. The highest BCUT2D eigenvalue weighted by Gasteiger charge is 2.12. The minimum atomic E-state index is -2.40. The summed E-state index contributed by atoms with van der Waals surface area (Å²) in [4.78, 5) is 4.19. The van der Waals surface area contributed by atoms with Crippen LogP contribution in [0.3, 0.4) is 0 Å². The molecule has 2 aromatic rings. The summed E-state index contributed by atoms with van der Waals surface area (Å²) >= 11 is 0. The fourth-order valence-corrected chi connectivity index (χ4v) is 1.62. The van der Waals surface area contributed by atoms with E-state index in [-0.39, 0.29) is 13.1 Å². The predicted octanol–water partition coefficient (Wildman–Crippen LogP) is 1.76. The summed E-state index contributed by atoms with van der Waals surface area (Å²) in [5.74, 6) is 0.497. The Morgan fingerprint density at radius 3 is 2.73 bits per heavy atom. The number of hydrogen-bond acceptors (Lipinski definition) is 2. The number of alkyl halides is 2. The van der Waals surface area contributed by atoms with Gasteiger partial charge in [-0.25, -0.2) is 13.8 Å². The van der Waals surface area contributed by atoms with Crippen LogP contribution in [0.25, 0.3) is 11.0 Å². The summed E-state index contributed by atoms with van der Waals surface area (Å²) < 4.78 is 26.2. The van der Waals surface area contributed by atoms with Crippen molar-refractivity contribution in [3.8, 4) is 0 Å². The number of fused-ring (bicyclic) bond motifs is 1. The van der Waals surface area contributed by atoms with Gasteiger partial charge in [-0.15, -0.1) is 0 Å². The third kappa shape index (κ3) is 1.83. The van der Waals surface area contributed by atoms with Crippen LogP contribution < -0.4 is 5.73 Å². The summed E-state index contributed by atoms with van der Waals surface area (Å²) in [6.45, 7) is -0.186. The second-order valence-electron chi connectivity index (χ2n) is 3.22. The van der Waals surface area contributed by atoms with E-state index in [1.807, 2.05) is 6.07 Å². The Kier molecular flexibility index (Phi) is 2.64. The molecule has 2 rings (SSSR count). The van der Waals surface area contributed by atoms with Crippen molar-refractivity contribution in [2.24, 2.45) is 5.73 Å². The largest absolute Gasteiger partial charge is 0.324 e. The van der Waals surface area contributed by atoms with Crippen molar-refractivity contribution in [1.29, 1.82) is 0 Å².